The number of aliphatic imine (C=N–C) groups is 1. The van der Waals surface area contributed by atoms with Crippen LogP contribution in [0.4, 0.5) is 0 Å². The molecule has 0 spiro atoms. The molecule has 3 heterocycles. The summed E-state index contributed by atoms with van der Waals surface area (Å²) in [5.74, 6) is -0.558. The fourth-order valence-electron chi connectivity index (χ4n) is 2.53. The normalized spacial score (nSPS) is 47.1. The van der Waals surface area contributed by atoms with Crippen molar-refractivity contribution < 1.29 is 23.7 Å². The van der Waals surface area contributed by atoms with Gasteiger partial charge in [0.1, 0.15) is 18.2 Å². The smallest absolute Gasteiger partial charge is 0.197 e. The van der Waals surface area contributed by atoms with E-state index >= 15 is 0 Å². The summed E-state index contributed by atoms with van der Waals surface area (Å²) in [7, 11) is 1.60. The molecule has 1 unspecified atom stereocenters. The molecule has 0 radical (unpaired) electrons. The van der Waals surface area contributed by atoms with Crippen LogP contribution in [0, 0.1) is 0 Å². The molecule has 6 heteroatoms. The van der Waals surface area contributed by atoms with Gasteiger partial charge in [0.05, 0.1) is 6.61 Å². The van der Waals surface area contributed by atoms with Gasteiger partial charge in [0, 0.05) is 7.11 Å². The highest BCUT2D eigenvalue weighted by molar-refractivity contribution is 5.50. The average Bonchev–Trinajstić information content (AvgIpc) is 2.91. The molecule has 2 fully saturated rings. The SMILES string of the molecule is CO[C@@H]1O[C@H](C2COC(C)(C)O2)[C@H]2N=CO[C@@H]12. The van der Waals surface area contributed by atoms with E-state index in [1.54, 1.807) is 7.11 Å². The second kappa shape index (κ2) is 3.91. The van der Waals surface area contributed by atoms with Crippen LogP contribution in [0.1, 0.15) is 13.8 Å². The summed E-state index contributed by atoms with van der Waals surface area (Å²) in [5.41, 5.74) is 0. The first-order valence-corrected chi connectivity index (χ1v) is 5.78. The third kappa shape index (κ3) is 1.85. The van der Waals surface area contributed by atoms with Crippen LogP contribution in [0.15, 0.2) is 4.99 Å². The predicted octanol–water partition coefficient (Wildman–Crippen LogP) is 0.305. The molecule has 0 saturated carbocycles. The Morgan fingerprint density at radius 3 is 2.82 bits per heavy atom. The van der Waals surface area contributed by atoms with Crippen molar-refractivity contribution in [2.75, 3.05) is 13.7 Å². The quantitative estimate of drug-likeness (QED) is 0.698. The number of methoxy groups -OCH3 is 1. The van der Waals surface area contributed by atoms with Gasteiger partial charge < -0.3 is 23.7 Å². The van der Waals surface area contributed by atoms with E-state index in [1.165, 1.54) is 6.40 Å². The summed E-state index contributed by atoms with van der Waals surface area (Å²) >= 11 is 0. The van der Waals surface area contributed by atoms with Gasteiger partial charge in [0.15, 0.2) is 24.6 Å². The highest BCUT2D eigenvalue weighted by atomic mass is 16.8. The van der Waals surface area contributed by atoms with E-state index in [0.717, 1.165) is 0 Å². The lowest BCUT2D eigenvalue weighted by atomic mass is 10.0. The van der Waals surface area contributed by atoms with Crippen molar-refractivity contribution in [3.8, 4) is 0 Å². The molecule has 0 aromatic heterocycles. The van der Waals surface area contributed by atoms with E-state index in [2.05, 4.69) is 4.99 Å². The molecule has 0 N–H and O–H groups in total. The molecule has 3 aliphatic heterocycles. The molecule has 3 aliphatic rings. The molecular weight excluding hydrogens is 226 g/mol. The molecule has 96 valence electrons. The van der Waals surface area contributed by atoms with Gasteiger partial charge in [-0.2, -0.15) is 0 Å². The summed E-state index contributed by atoms with van der Waals surface area (Å²) in [5, 5.41) is 0. The Bertz CT molecular complexity index is 332. The van der Waals surface area contributed by atoms with Crippen LogP contribution in [-0.2, 0) is 23.7 Å². The fourth-order valence-corrected chi connectivity index (χ4v) is 2.53. The van der Waals surface area contributed by atoms with Crippen LogP contribution < -0.4 is 0 Å². The van der Waals surface area contributed by atoms with Gasteiger partial charge in [-0.25, -0.2) is 4.99 Å². The second-order valence-electron chi connectivity index (χ2n) is 4.92. The monoisotopic (exact) mass is 243 g/mol. The van der Waals surface area contributed by atoms with Crippen LogP contribution in [0.5, 0.6) is 0 Å². The molecule has 0 amide bonds. The maximum absolute atomic E-state index is 5.80. The molecule has 0 aromatic rings. The Labute approximate surface area is 99.8 Å². The van der Waals surface area contributed by atoms with Gasteiger partial charge in [-0.1, -0.05) is 0 Å². The van der Waals surface area contributed by atoms with E-state index < -0.39 is 5.79 Å². The molecule has 0 aromatic carbocycles. The van der Waals surface area contributed by atoms with E-state index in [4.69, 9.17) is 23.7 Å². The third-order valence-electron chi connectivity index (χ3n) is 3.31. The zero-order chi connectivity index (χ0) is 12.0. The molecule has 6 nitrogen and oxygen atoms in total. The van der Waals surface area contributed by atoms with Gasteiger partial charge in [-0.15, -0.1) is 0 Å². The Hall–Kier alpha value is -0.690. The van der Waals surface area contributed by atoms with Crippen molar-refractivity contribution in [3.63, 3.8) is 0 Å². The first-order valence-electron chi connectivity index (χ1n) is 5.78. The highest BCUT2D eigenvalue weighted by Gasteiger charge is 2.54. The van der Waals surface area contributed by atoms with Crippen LogP contribution >= 0.6 is 0 Å². The van der Waals surface area contributed by atoms with Crippen molar-refractivity contribution >= 4 is 6.40 Å². The number of rotatable bonds is 2. The number of hydrogen-bond donors (Lipinski definition) is 0. The Kier molecular flexibility index (Phi) is 2.62. The van der Waals surface area contributed by atoms with Gasteiger partial charge in [-0.05, 0) is 13.8 Å². The van der Waals surface area contributed by atoms with E-state index in [9.17, 15) is 0 Å². The summed E-state index contributed by atoms with van der Waals surface area (Å²) in [6.45, 7) is 4.29. The van der Waals surface area contributed by atoms with E-state index in [1.807, 2.05) is 13.8 Å². The summed E-state index contributed by atoms with van der Waals surface area (Å²) in [4.78, 5) is 4.28. The number of nitrogens with zero attached hydrogens (tertiary/aromatic N) is 1. The Morgan fingerprint density at radius 1 is 1.35 bits per heavy atom. The van der Waals surface area contributed by atoms with Crippen LogP contribution in [-0.4, -0.2) is 56.5 Å². The minimum absolute atomic E-state index is 0.0672. The number of hydrogen-bond acceptors (Lipinski definition) is 6. The Balaban J connectivity index is 1.74. The molecule has 3 rings (SSSR count). The molecule has 0 aliphatic carbocycles. The minimum Gasteiger partial charge on any atom is -0.473 e. The lowest BCUT2D eigenvalue weighted by Gasteiger charge is -2.22. The lowest BCUT2D eigenvalue weighted by Crippen LogP contribution is -2.38. The summed E-state index contributed by atoms with van der Waals surface area (Å²) in [6.07, 6.45) is 0.608. The third-order valence-corrected chi connectivity index (χ3v) is 3.31. The summed E-state index contributed by atoms with van der Waals surface area (Å²) in [6, 6.07) is -0.0672. The zero-order valence-electron chi connectivity index (χ0n) is 10.2. The van der Waals surface area contributed by atoms with Crippen LogP contribution in [0.3, 0.4) is 0 Å². The van der Waals surface area contributed by atoms with E-state index in [0.29, 0.717) is 6.61 Å². The van der Waals surface area contributed by atoms with Crippen molar-refractivity contribution in [3.05, 3.63) is 0 Å². The van der Waals surface area contributed by atoms with Crippen molar-refractivity contribution in [2.24, 2.45) is 4.99 Å². The Morgan fingerprint density at radius 2 is 2.18 bits per heavy atom. The largest absolute Gasteiger partial charge is 0.473 e. The lowest BCUT2D eigenvalue weighted by molar-refractivity contribution is -0.183. The van der Waals surface area contributed by atoms with Gasteiger partial charge in [-0.3, -0.25) is 0 Å². The van der Waals surface area contributed by atoms with Gasteiger partial charge in [0.2, 0.25) is 0 Å². The van der Waals surface area contributed by atoms with Crippen molar-refractivity contribution in [1.82, 2.24) is 0 Å². The van der Waals surface area contributed by atoms with Crippen LogP contribution in [0.25, 0.3) is 0 Å². The van der Waals surface area contributed by atoms with Gasteiger partial charge >= 0.3 is 0 Å². The fraction of sp³-hybridized carbons (Fsp3) is 0.909. The van der Waals surface area contributed by atoms with Crippen molar-refractivity contribution in [2.45, 2.75) is 50.3 Å². The standard InChI is InChI=1S/C11H17NO5/c1-11(2)15-4-6(17-11)8-7-9(14-5-12-7)10(13-3)16-8/h5-10H,4H2,1-3H3/t6?,7-,8-,9-,10-/m1/s1. The summed E-state index contributed by atoms with van der Waals surface area (Å²) < 4.78 is 27.8. The number of ether oxygens (including phenoxy) is 5. The average molecular weight is 243 g/mol. The molecule has 2 saturated heterocycles. The minimum atomic E-state index is -0.558. The van der Waals surface area contributed by atoms with Gasteiger partial charge in [0.25, 0.3) is 0 Å². The second-order valence-corrected chi connectivity index (χ2v) is 4.92. The first kappa shape index (κ1) is 11.4. The zero-order valence-corrected chi connectivity index (χ0v) is 10.2. The van der Waals surface area contributed by atoms with Crippen LogP contribution in [0.2, 0.25) is 0 Å². The maximum Gasteiger partial charge on any atom is 0.197 e. The first-order chi connectivity index (χ1) is 8.11. The van der Waals surface area contributed by atoms with Crippen molar-refractivity contribution in [1.29, 1.82) is 0 Å². The highest BCUT2D eigenvalue weighted by Crippen LogP contribution is 2.36. The topological polar surface area (TPSA) is 58.5 Å². The predicted molar refractivity (Wildman–Crippen MR) is 57.7 cm³/mol. The molecule has 0 bridgehead atoms. The molecule has 5 atom stereocenters. The van der Waals surface area contributed by atoms with E-state index in [-0.39, 0.29) is 30.6 Å². The molecular formula is C11H17NO5. The number of fused-ring (bicyclic) bond motifs is 1. The molecule has 17 heavy (non-hydrogen) atoms. The maximum atomic E-state index is 5.80.